The normalized spacial score (nSPS) is 21.5. The summed E-state index contributed by atoms with van der Waals surface area (Å²) in [5, 5.41) is 15.0. The summed E-state index contributed by atoms with van der Waals surface area (Å²) in [6.07, 6.45) is 0. The quantitative estimate of drug-likeness (QED) is 0.845. The van der Waals surface area contributed by atoms with Crippen molar-refractivity contribution in [3.63, 3.8) is 0 Å². The fraction of sp³-hybridized carbons (Fsp3) is 0.600. The van der Waals surface area contributed by atoms with E-state index >= 15 is 0 Å². The van der Waals surface area contributed by atoms with E-state index in [1.807, 2.05) is 6.92 Å². The second-order valence-electron chi connectivity index (χ2n) is 4.37. The van der Waals surface area contributed by atoms with Crippen LogP contribution in [0, 0.1) is 6.92 Å². The molecular weight excluding hydrogens is 290 g/mol. The first kappa shape index (κ1) is 14.4. The van der Waals surface area contributed by atoms with Gasteiger partial charge in [0, 0.05) is 24.1 Å². The number of sulfonamides is 1. The lowest BCUT2D eigenvalue weighted by molar-refractivity contribution is 0.0686. The van der Waals surface area contributed by atoms with Gasteiger partial charge in [0.1, 0.15) is 4.90 Å². The maximum atomic E-state index is 12.6. The minimum absolute atomic E-state index is 0.153. The number of hydrogen-bond donors (Lipinski definition) is 2. The van der Waals surface area contributed by atoms with Gasteiger partial charge in [-0.05, 0) is 13.8 Å². The number of aromatic nitrogens is 2. The Labute approximate surface area is 115 Å². The van der Waals surface area contributed by atoms with Crippen LogP contribution in [0.1, 0.15) is 23.1 Å². The SMILES string of the molecule is Cc1[nH]nc(C(=O)O)c1S(=O)(=O)N1CCSCC1C. The van der Waals surface area contributed by atoms with E-state index in [0.717, 1.165) is 0 Å². The van der Waals surface area contributed by atoms with Crippen molar-refractivity contribution in [1.82, 2.24) is 14.5 Å². The number of carbonyl (C=O) groups is 1. The van der Waals surface area contributed by atoms with E-state index in [1.165, 1.54) is 11.2 Å². The summed E-state index contributed by atoms with van der Waals surface area (Å²) in [7, 11) is -3.83. The number of hydrogen-bond acceptors (Lipinski definition) is 5. The first-order chi connectivity index (χ1) is 8.85. The standard InChI is InChI=1S/C10H15N3O4S2/c1-6-5-18-4-3-13(6)19(16,17)9-7(2)11-12-8(9)10(14)15/h6H,3-5H2,1-2H3,(H,11,12)(H,14,15). The van der Waals surface area contributed by atoms with Crippen molar-refractivity contribution in [2.24, 2.45) is 0 Å². The summed E-state index contributed by atoms with van der Waals surface area (Å²) in [6.45, 7) is 3.72. The van der Waals surface area contributed by atoms with E-state index in [0.29, 0.717) is 18.1 Å². The Bertz CT molecular complexity index is 596. The minimum atomic E-state index is -3.83. The van der Waals surface area contributed by atoms with Crippen molar-refractivity contribution in [1.29, 1.82) is 0 Å². The Morgan fingerprint density at radius 2 is 2.26 bits per heavy atom. The minimum Gasteiger partial charge on any atom is -0.476 e. The van der Waals surface area contributed by atoms with Crippen molar-refractivity contribution in [3.05, 3.63) is 11.4 Å². The van der Waals surface area contributed by atoms with Crippen LogP contribution in [0.5, 0.6) is 0 Å². The zero-order valence-corrected chi connectivity index (χ0v) is 12.2. The third kappa shape index (κ3) is 2.49. The summed E-state index contributed by atoms with van der Waals surface area (Å²) in [6, 6.07) is -0.153. The summed E-state index contributed by atoms with van der Waals surface area (Å²) in [5.41, 5.74) is -0.189. The molecule has 1 fully saturated rings. The van der Waals surface area contributed by atoms with Crippen LogP contribution in [0.2, 0.25) is 0 Å². The lowest BCUT2D eigenvalue weighted by Gasteiger charge is -2.31. The highest BCUT2D eigenvalue weighted by Gasteiger charge is 2.36. The van der Waals surface area contributed by atoms with Crippen molar-refractivity contribution < 1.29 is 18.3 Å². The van der Waals surface area contributed by atoms with Gasteiger partial charge in [-0.1, -0.05) is 0 Å². The van der Waals surface area contributed by atoms with E-state index in [1.54, 1.807) is 11.8 Å². The van der Waals surface area contributed by atoms with E-state index < -0.39 is 21.7 Å². The van der Waals surface area contributed by atoms with E-state index in [2.05, 4.69) is 10.2 Å². The molecule has 2 rings (SSSR count). The van der Waals surface area contributed by atoms with Crippen LogP contribution in [0.25, 0.3) is 0 Å². The first-order valence-corrected chi connectivity index (χ1v) is 8.33. The molecule has 1 atom stereocenters. The number of H-pyrrole nitrogens is 1. The topological polar surface area (TPSA) is 103 Å². The molecule has 2 heterocycles. The molecule has 0 spiro atoms. The fourth-order valence-electron chi connectivity index (χ4n) is 2.07. The van der Waals surface area contributed by atoms with Crippen LogP contribution in [-0.4, -0.2) is 58.1 Å². The van der Waals surface area contributed by atoms with Gasteiger partial charge in [0.05, 0.1) is 5.69 Å². The Balaban J connectivity index is 2.50. The first-order valence-electron chi connectivity index (χ1n) is 5.73. The highest BCUT2D eigenvalue weighted by Crippen LogP contribution is 2.27. The lowest BCUT2D eigenvalue weighted by atomic mass is 10.4. The molecule has 106 valence electrons. The molecule has 0 saturated carbocycles. The molecule has 0 aliphatic carbocycles. The molecule has 19 heavy (non-hydrogen) atoms. The van der Waals surface area contributed by atoms with Crippen LogP contribution in [0.4, 0.5) is 0 Å². The van der Waals surface area contributed by atoms with Crippen LogP contribution in [0.15, 0.2) is 4.90 Å². The molecule has 7 nitrogen and oxygen atoms in total. The summed E-state index contributed by atoms with van der Waals surface area (Å²) >= 11 is 1.69. The molecule has 0 bridgehead atoms. The number of carboxylic acid groups (broad SMARTS) is 1. The third-order valence-electron chi connectivity index (χ3n) is 2.97. The third-order valence-corrected chi connectivity index (χ3v) is 6.33. The van der Waals surface area contributed by atoms with Gasteiger partial charge in [0.2, 0.25) is 10.0 Å². The number of thioether (sulfide) groups is 1. The van der Waals surface area contributed by atoms with Gasteiger partial charge in [0.15, 0.2) is 5.69 Å². The molecule has 2 N–H and O–H groups in total. The fourth-order valence-corrected chi connectivity index (χ4v) is 5.21. The molecule has 1 saturated heterocycles. The van der Waals surface area contributed by atoms with Crippen molar-refractivity contribution in [3.8, 4) is 0 Å². The molecular formula is C10H15N3O4S2. The van der Waals surface area contributed by atoms with Crippen LogP contribution in [0.3, 0.4) is 0 Å². The van der Waals surface area contributed by atoms with Crippen LogP contribution in [-0.2, 0) is 10.0 Å². The molecule has 1 unspecified atom stereocenters. The van der Waals surface area contributed by atoms with Gasteiger partial charge in [-0.25, -0.2) is 13.2 Å². The molecule has 1 aromatic rings. The Morgan fingerprint density at radius 3 is 2.84 bits per heavy atom. The van der Waals surface area contributed by atoms with Crippen LogP contribution >= 0.6 is 11.8 Å². The van der Waals surface area contributed by atoms with Gasteiger partial charge in [-0.2, -0.15) is 21.2 Å². The maximum absolute atomic E-state index is 12.6. The molecule has 0 amide bonds. The van der Waals surface area contributed by atoms with Gasteiger partial charge >= 0.3 is 5.97 Å². The predicted octanol–water partition coefficient (Wildman–Crippen LogP) is 0.542. The number of aromatic amines is 1. The zero-order chi connectivity index (χ0) is 14.2. The second kappa shape index (κ2) is 5.14. The largest absolute Gasteiger partial charge is 0.476 e. The highest BCUT2D eigenvalue weighted by molar-refractivity contribution is 7.99. The van der Waals surface area contributed by atoms with Gasteiger partial charge in [-0.3, -0.25) is 5.10 Å². The average Bonchev–Trinajstić information content (AvgIpc) is 2.72. The van der Waals surface area contributed by atoms with Crippen molar-refractivity contribution in [2.75, 3.05) is 18.1 Å². The molecule has 1 aromatic heterocycles. The van der Waals surface area contributed by atoms with Gasteiger partial charge < -0.3 is 5.11 Å². The molecule has 1 aliphatic rings. The number of carboxylic acids is 1. The second-order valence-corrected chi connectivity index (χ2v) is 7.35. The number of aryl methyl sites for hydroxylation is 1. The Kier molecular flexibility index (Phi) is 3.88. The van der Waals surface area contributed by atoms with Crippen LogP contribution < -0.4 is 0 Å². The maximum Gasteiger partial charge on any atom is 0.357 e. The van der Waals surface area contributed by atoms with Crippen molar-refractivity contribution >= 4 is 27.8 Å². The highest BCUT2D eigenvalue weighted by atomic mass is 32.2. The molecule has 0 aromatic carbocycles. The number of nitrogens with one attached hydrogen (secondary N) is 1. The number of aromatic carboxylic acids is 1. The lowest BCUT2D eigenvalue weighted by Crippen LogP contribution is -2.44. The van der Waals surface area contributed by atoms with E-state index in [9.17, 15) is 13.2 Å². The summed E-state index contributed by atoms with van der Waals surface area (Å²) < 4.78 is 26.6. The predicted molar refractivity (Wildman–Crippen MR) is 71.0 cm³/mol. The zero-order valence-electron chi connectivity index (χ0n) is 10.6. The van der Waals surface area contributed by atoms with E-state index in [4.69, 9.17) is 5.11 Å². The Morgan fingerprint density at radius 1 is 1.58 bits per heavy atom. The van der Waals surface area contributed by atoms with Gasteiger partial charge in [-0.15, -0.1) is 0 Å². The van der Waals surface area contributed by atoms with E-state index in [-0.39, 0.29) is 16.6 Å². The van der Waals surface area contributed by atoms with Gasteiger partial charge in [0.25, 0.3) is 0 Å². The van der Waals surface area contributed by atoms with Crippen molar-refractivity contribution in [2.45, 2.75) is 24.8 Å². The molecule has 1 aliphatic heterocycles. The number of rotatable bonds is 3. The smallest absolute Gasteiger partial charge is 0.357 e. The molecule has 9 heteroatoms. The summed E-state index contributed by atoms with van der Waals surface area (Å²) in [5.74, 6) is 0.0727. The number of nitrogens with zero attached hydrogens (tertiary/aromatic N) is 2. The molecule has 0 radical (unpaired) electrons. The average molecular weight is 305 g/mol. The monoisotopic (exact) mass is 305 g/mol. The summed E-state index contributed by atoms with van der Waals surface area (Å²) in [4.78, 5) is 10.9. The Hall–Kier alpha value is -1.06.